The summed E-state index contributed by atoms with van der Waals surface area (Å²) < 4.78 is 0. The smallest absolute Gasteiger partial charge is 0.237 e. The lowest BCUT2D eigenvalue weighted by molar-refractivity contribution is -0.128. The molecule has 1 saturated heterocycles. The molecule has 0 spiro atoms. The molecular formula is C20H24N4O2. The van der Waals surface area contributed by atoms with Crippen molar-refractivity contribution in [1.82, 2.24) is 15.2 Å². The molecule has 0 bridgehead atoms. The third kappa shape index (κ3) is 4.46. The van der Waals surface area contributed by atoms with E-state index in [1.807, 2.05) is 53.4 Å². The number of rotatable bonds is 7. The molecule has 0 unspecified atom stereocenters. The van der Waals surface area contributed by atoms with Crippen molar-refractivity contribution in [2.24, 2.45) is 5.73 Å². The maximum Gasteiger partial charge on any atom is 0.237 e. The topological polar surface area (TPSA) is 88.3 Å². The summed E-state index contributed by atoms with van der Waals surface area (Å²) in [4.78, 5) is 30.7. The Hall–Kier alpha value is -2.73. The quantitative estimate of drug-likeness (QED) is 0.785. The first-order valence-electron chi connectivity index (χ1n) is 8.92. The molecule has 2 aromatic rings. The van der Waals surface area contributed by atoms with E-state index >= 15 is 0 Å². The minimum Gasteiger partial charge on any atom is -0.368 e. The molecule has 136 valence electrons. The number of pyridine rings is 1. The molecule has 2 amide bonds. The third-order valence-electron chi connectivity index (χ3n) is 4.76. The molecule has 26 heavy (non-hydrogen) atoms. The Morgan fingerprint density at radius 3 is 2.50 bits per heavy atom. The molecule has 2 atom stereocenters. The van der Waals surface area contributed by atoms with E-state index in [9.17, 15) is 9.59 Å². The van der Waals surface area contributed by atoms with E-state index in [0.29, 0.717) is 32.4 Å². The number of carbonyl (C=O) groups excluding carboxylic acids is 2. The van der Waals surface area contributed by atoms with Crippen molar-refractivity contribution < 1.29 is 9.59 Å². The van der Waals surface area contributed by atoms with Crippen LogP contribution in [0.5, 0.6) is 0 Å². The highest BCUT2D eigenvalue weighted by atomic mass is 16.2. The number of amides is 2. The highest BCUT2D eigenvalue weighted by molar-refractivity contribution is 5.86. The molecule has 6 nitrogen and oxygen atoms in total. The summed E-state index contributed by atoms with van der Waals surface area (Å²) in [6, 6.07) is 14.8. The van der Waals surface area contributed by atoms with Gasteiger partial charge in [-0.25, -0.2) is 0 Å². The Balaban J connectivity index is 1.62. The SMILES string of the molecule is NC(=O)[C@@H]1CC[C@H](C(=O)NCCc2ccccn2)N1Cc1ccccc1. The van der Waals surface area contributed by atoms with Gasteiger partial charge >= 0.3 is 0 Å². The number of primary amides is 1. The number of hydrogen-bond donors (Lipinski definition) is 2. The predicted octanol–water partition coefficient (Wildman–Crippen LogP) is 1.26. The van der Waals surface area contributed by atoms with Gasteiger partial charge in [-0.1, -0.05) is 36.4 Å². The minimum absolute atomic E-state index is 0.0550. The zero-order valence-electron chi connectivity index (χ0n) is 14.7. The fourth-order valence-electron chi connectivity index (χ4n) is 3.44. The van der Waals surface area contributed by atoms with Crippen LogP contribution in [0.3, 0.4) is 0 Å². The van der Waals surface area contributed by atoms with Gasteiger partial charge in [-0.15, -0.1) is 0 Å². The molecule has 6 heteroatoms. The van der Waals surface area contributed by atoms with Crippen LogP contribution < -0.4 is 11.1 Å². The Morgan fingerprint density at radius 1 is 1.08 bits per heavy atom. The van der Waals surface area contributed by atoms with E-state index in [4.69, 9.17) is 5.73 Å². The Labute approximate surface area is 153 Å². The second-order valence-corrected chi connectivity index (χ2v) is 6.53. The van der Waals surface area contributed by atoms with Crippen molar-refractivity contribution in [1.29, 1.82) is 0 Å². The molecule has 1 aliphatic rings. The van der Waals surface area contributed by atoms with Gasteiger partial charge in [-0.3, -0.25) is 19.5 Å². The summed E-state index contributed by atoms with van der Waals surface area (Å²) in [5.74, 6) is -0.426. The number of nitrogens with zero attached hydrogens (tertiary/aromatic N) is 2. The maximum absolute atomic E-state index is 12.7. The van der Waals surface area contributed by atoms with Crippen LogP contribution in [-0.4, -0.2) is 40.3 Å². The fourth-order valence-corrected chi connectivity index (χ4v) is 3.44. The monoisotopic (exact) mass is 352 g/mol. The van der Waals surface area contributed by atoms with Crippen molar-refractivity contribution in [2.45, 2.75) is 37.9 Å². The lowest BCUT2D eigenvalue weighted by Gasteiger charge is -2.28. The van der Waals surface area contributed by atoms with Gasteiger partial charge < -0.3 is 11.1 Å². The molecule has 1 fully saturated rings. The van der Waals surface area contributed by atoms with Crippen molar-refractivity contribution in [3.8, 4) is 0 Å². The van der Waals surface area contributed by atoms with Gasteiger partial charge in [0.05, 0.1) is 12.1 Å². The lowest BCUT2D eigenvalue weighted by Crippen LogP contribution is -2.49. The van der Waals surface area contributed by atoms with Crippen LogP contribution in [0.15, 0.2) is 54.7 Å². The van der Waals surface area contributed by atoms with Crippen LogP contribution in [0.2, 0.25) is 0 Å². The molecule has 3 N–H and O–H groups in total. The van der Waals surface area contributed by atoms with E-state index in [2.05, 4.69) is 10.3 Å². The summed E-state index contributed by atoms with van der Waals surface area (Å²) in [6.07, 6.45) is 3.67. The summed E-state index contributed by atoms with van der Waals surface area (Å²) >= 11 is 0. The van der Waals surface area contributed by atoms with Crippen molar-refractivity contribution in [2.75, 3.05) is 6.54 Å². The zero-order valence-corrected chi connectivity index (χ0v) is 14.7. The van der Waals surface area contributed by atoms with Crippen molar-refractivity contribution in [3.63, 3.8) is 0 Å². The van der Waals surface area contributed by atoms with Gasteiger partial charge in [-0.2, -0.15) is 0 Å². The number of nitrogens with two attached hydrogens (primary N) is 1. The molecule has 1 aromatic heterocycles. The summed E-state index contributed by atoms with van der Waals surface area (Å²) in [7, 11) is 0. The van der Waals surface area contributed by atoms with Gasteiger partial charge in [0.2, 0.25) is 11.8 Å². The van der Waals surface area contributed by atoms with Crippen LogP contribution in [-0.2, 0) is 22.6 Å². The van der Waals surface area contributed by atoms with E-state index in [-0.39, 0.29) is 17.9 Å². The summed E-state index contributed by atoms with van der Waals surface area (Å²) in [5, 5.41) is 2.98. The molecule has 0 radical (unpaired) electrons. The number of aromatic nitrogens is 1. The van der Waals surface area contributed by atoms with E-state index in [1.54, 1.807) is 6.20 Å². The Bertz CT molecular complexity index is 736. The van der Waals surface area contributed by atoms with Gasteiger partial charge in [-0.05, 0) is 30.5 Å². The molecule has 1 aromatic carbocycles. The second-order valence-electron chi connectivity index (χ2n) is 6.53. The number of likely N-dealkylation sites (tertiary alicyclic amines) is 1. The average Bonchev–Trinajstić information content (AvgIpc) is 3.07. The van der Waals surface area contributed by atoms with Crippen LogP contribution in [0.4, 0.5) is 0 Å². The first-order chi connectivity index (χ1) is 12.6. The Kier molecular flexibility index (Phi) is 5.96. The first kappa shape index (κ1) is 18.1. The number of carbonyl (C=O) groups is 2. The van der Waals surface area contributed by atoms with E-state index in [0.717, 1.165) is 11.3 Å². The maximum atomic E-state index is 12.7. The second kappa shape index (κ2) is 8.58. The third-order valence-corrected chi connectivity index (χ3v) is 4.76. The standard InChI is InChI=1S/C20H24N4O2/c21-19(25)17-9-10-18(24(17)14-15-6-2-1-3-7-15)20(26)23-13-11-16-8-4-5-12-22-16/h1-8,12,17-18H,9-11,13-14H2,(H2,21,25)(H,23,26)/t17-,18+/m0/s1. The normalized spacial score (nSPS) is 20.0. The number of nitrogens with one attached hydrogen (secondary N) is 1. The van der Waals surface area contributed by atoms with Crippen LogP contribution in [0.25, 0.3) is 0 Å². The fraction of sp³-hybridized carbons (Fsp3) is 0.350. The van der Waals surface area contributed by atoms with Crippen LogP contribution in [0, 0.1) is 0 Å². The molecule has 1 aliphatic heterocycles. The summed E-state index contributed by atoms with van der Waals surface area (Å²) in [6.45, 7) is 1.06. The first-order valence-corrected chi connectivity index (χ1v) is 8.92. The molecule has 3 rings (SSSR count). The van der Waals surface area contributed by atoms with E-state index < -0.39 is 6.04 Å². The summed E-state index contributed by atoms with van der Waals surface area (Å²) in [5.41, 5.74) is 7.56. The van der Waals surface area contributed by atoms with Crippen LogP contribution in [0.1, 0.15) is 24.1 Å². The molecule has 0 aliphatic carbocycles. The molecular weight excluding hydrogens is 328 g/mol. The van der Waals surface area contributed by atoms with Gasteiger partial charge in [0.15, 0.2) is 0 Å². The zero-order chi connectivity index (χ0) is 18.4. The van der Waals surface area contributed by atoms with Gasteiger partial charge in [0.1, 0.15) is 0 Å². The molecule has 2 heterocycles. The van der Waals surface area contributed by atoms with Crippen LogP contribution >= 0.6 is 0 Å². The molecule has 0 saturated carbocycles. The average molecular weight is 352 g/mol. The minimum atomic E-state index is -0.401. The largest absolute Gasteiger partial charge is 0.368 e. The lowest BCUT2D eigenvalue weighted by atomic mass is 10.1. The van der Waals surface area contributed by atoms with E-state index in [1.165, 1.54) is 0 Å². The van der Waals surface area contributed by atoms with Gasteiger partial charge in [0.25, 0.3) is 0 Å². The predicted molar refractivity (Wildman–Crippen MR) is 98.9 cm³/mol. The Morgan fingerprint density at radius 2 is 1.81 bits per heavy atom. The highest BCUT2D eigenvalue weighted by Gasteiger charge is 2.40. The number of benzene rings is 1. The highest BCUT2D eigenvalue weighted by Crippen LogP contribution is 2.26. The van der Waals surface area contributed by atoms with Crippen molar-refractivity contribution in [3.05, 3.63) is 66.0 Å². The van der Waals surface area contributed by atoms with Gasteiger partial charge in [0, 0.05) is 31.4 Å². The van der Waals surface area contributed by atoms with Crippen molar-refractivity contribution >= 4 is 11.8 Å². The number of hydrogen-bond acceptors (Lipinski definition) is 4.